The number of hydrogen-bond donors (Lipinski definition) is 0. The van der Waals surface area contributed by atoms with Crippen molar-refractivity contribution >= 4 is 0 Å². The van der Waals surface area contributed by atoms with E-state index in [0.717, 1.165) is 68.9 Å². The van der Waals surface area contributed by atoms with Crippen LogP contribution in [0.3, 0.4) is 0 Å². The van der Waals surface area contributed by atoms with Crippen molar-refractivity contribution in [3.63, 3.8) is 0 Å². The Morgan fingerprint density at radius 2 is 1.35 bits per heavy atom. The van der Waals surface area contributed by atoms with E-state index < -0.39 is 0 Å². The molecule has 34 heavy (non-hydrogen) atoms. The van der Waals surface area contributed by atoms with Gasteiger partial charge in [-0.05, 0) is 63.4 Å². The van der Waals surface area contributed by atoms with Crippen molar-refractivity contribution in [2.24, 2.45) is 0 Å². The number of allylic oxidation sites excluding steroid dienone is 2. The zero-order chi connectivity index (χ0) is 24.1. The first-order valence-electron chi connectivity index (χ1n) is 13.6. The molecule has 0 aliphatic heterocycles. The zero-order valence-electron chi connectivity index (χ0n) is 21.6. The SMILES string of the molecule is CCCCCCC=CCCCCOc1cnc(-c2ccc(CCCCCOCCC)cc2)nc1. The van der Waals surface area contributed by atoms with Crippen LogP contribution < -0.4 is 4.74 Å². The lowest BCUT2D eigenvalue weighted by Gasteiger charge is -2.07. The van der Waals surface area contributed by atoms with Gasteiger partial charge in [0.1, 0.15) is 0 Å². The van der Waals surface area contributed by atoms with Gasteiger partial charge in [-0.15, -0.1) is 0 Å². The fourth-order valence-corrected chi connectivity index (χ4v) is 3.80. The van der Waals surface area contributed by atoms with Crippen molar-refractivity contribution in [3.8, 4) is 17.1 Å². The maximum absolute atomic E-state index is 5.82. The van der Waals surface area contributed by atoms with Crippen LogP contribution in [0.4, 0.5) is 0 Å². The minimum Gasteiger partial charge on any atom is -0.490 e. The number of nitrogens with zero attached hydrogens (tertiary/aromatic N) is 2. The summed E-state index contributed by atoms with van der Waals surface area (Å²) in [6.45, 7) is 6.89. The lowest BCUT2D eigenvalue weighted by atomic mass is 10.0. The van der Waals surface area contributed by atoms with Gasteiger partial charge in [-0.25, -0.2) is 9.97 Å². The fourth-order valence-electron chi connectivity index (χ4n) is 3.80. The van der Waals surface area contributed by atoms with Gasteiger partial charge in [-0.1, -0.05) is 75.9 Å². The highest BCUT2D eigenvalue weighted by atomic mass is 16.5. The van der Waals surface area contributed by atoms with E-state index in [9.17, 15) is 0 Å². The van der Waals surface area contributed by atoms with Crippen LogP contribution >= 0.6 is 0 Å². The van der Waals surface area contributed by atoms with Crippen LogP contribution in [0.5, 0.6) is 5.75 Å². The van der Waals surface area contributed by atoms with Crippen LogP contribution in [0.2, 0.25) is 0 Å². The average Bonchev–Trinajstić information content (AvgIpc) is 2.87. The highest BCUT2D eigenvalue weighted by molar-refractivity contribution is 5.55. The van der Waals surface area contributed by atoms with Gasteiger partial charge in [0, 0.05) is 18.8 Å². The first kappa shape index (κ1) is 28.0. The predicted molar refractivity (Wildman–Crippen MR) is 143 cm³/mol. The van der Waals surface area contributed by atoms with Gasteiger partial charge in [0.15, 0.2) is 11.6 Å². The number of aryl methyl sites for hydroxylation is 1. The van der Waals surface area contributed by atoms with E-state index in [-0.39, 0.29) is 0 Å². The monoisotopic (exact) mass is 466 g/mol. The molecule has 0 N–H and O–H groups in total. The maximum atomic E-state index is 5.82. The smallest absolute Gasteiger partial charge is 0.159 e. The first-order valence-corrected chi connectivity index (χ1v) is 13.6. The van der Waals surface area contributed by atoms with E-state index in [1.165, 1.54) is 50.5 Å². The molecule has 0 bridgehead atoms. The Balaban J connectivity index is 1.58. The highest BCUT2D eigenvalue weighted by Gasteiger charge is 2.03. The molecular formula is C30H46N2O2. The maximum Gasteiger partial charge on any atom is 0.159 e. The summed E-state index contributed by atoms with van der Waals surface area (Å²) in [7, 11) is 0. The largest absolute Gasteiger partial charge is 0.490 e. The summed E-state index contributed by atoms with van der Waals surface area (Å²) in [5.41, 5.74) is 2.41. The van der Waals surface area contributed by atoms with Crippen LogP contribution in [0.25, 0.3) is 11.4 Å². The Kier molecular flexibility index (Phi) is 15.8. The molecule has 2 rings (SSSR count). The number of ether oxygens (including phenoxy) is 2. The zero-order valence-corrected chi connectivity index (χ0v) is 21.6. The van der Waals surface area contributed by atoms with E-state index in [2.05, 4.69) is 60.2 Å². The van der Waals surface area contributed by atoms with Gasteiger partial charge < -0.3 is 9.47 Å². The molecule has 0 unspecified atom stereocenters. The third-order valence-electron chi connectivity index (χ3n) is 5.87. The molecule has 0 amide bonds. The second-order valence-corrected chi connectivity index (χ2v) is 9.03. The summed E-state index contributed by atoms with van der Waals surface area (Å²) >= 11 is 0. The Hall–Kier alpha value is -2.20. The van der Waals surface area contributed by atoms with Crippen LogP contribution in [0.15, 0.2) is 48.8 Å². The van der Waals surface area contributed by atoms with Crippen LogP contribution in [0.1, 0.15) is 96.5 Å². The van der Waals surface area contributed by atoms with Crippen molar-refractivity contribution in [2.45, 2.75) is 97.3 Å². The molecule has 0 fully saturated rings. The molecule has 4 nitrogen and oxygen atoms in total. The minimum atomic E-state index is 0.715. The summed E-state index contributed by atoms with van der Waals surface area (Å²) in [4.78, 5) is 9.00. The Labute approximate surface area is 208 Å². The average molecular weight is 467 g/mol. The second-order valence-electron chi connectivity index (χ2n) is 9.03. The fraction of sp³-hybridized carbons (Fsp3) is 0.600. The summed E-state index contributed by atoms with van der Waals surface area (Å²) in [6, 6.07) is 8.62. The summed E-state index contributed by atoms with van der Waals surface area (Å²) < 4.78 is 11.4. The third-order valence-corrected chi connectivity index (χ3v) is 5.87. The number of benzene rings is 1. The topological polar surface area (TPSA) is 44.2 Å². The standard InChI is InChI=1S/C30H46N2O2/c1-3-5-6-7-8-9-10-11-12-16-24-34-29-25-31-30(32-26-29)28-20-18-27(19-21-28)17-14-13-15-23-33-22-4-2/h9-10,18-21,25-26H,3-8,11-17,22-24H2,1-2H3. The van der Waals surface area contributed by atoms with Gasteiger partial charge in [-0.3, -0.25) is 0 Å². The molecule has 188 valence electrons. The van der Waals surface area contributed by atoms with Gasteiger partial charge in [0.05, 0.1) is 19.0 Å². The van der Waals surface area contributed by atoms with Gasteiger partial charge in [0.2, 0.25) is 0 Å². The van der Waals surface area contributed by atoms with Gasteiger partial charge in [0.25, 0.3) is 0 Å². The lowest BCUT2D eigenvalue weighted by molar-refractivity contribution is 0.130. The summed E-state index contributed by atoms with van der Waals surface area (Å²) in [5, 5.41) is 0. The first-order chi connectivity index (χ1) is 16.8. The number of rotatable bonds is 20. The van der Waals surface area contributed by atoms with E-state index in [1.807, 2.05) is 0 Å². The molecule has 1 aromatic carbocycles. The molecular weight excluding hydrogens is 420 g/mol. The minimum absolute atomic E-state index is 0.715. The third kappa shape index (κ3) is 12.9. The Morgan fingerprint density at radius 3 is 2.06 bits per heavy atom. The second kappa shape index (κ2) is 19.1. The molecule has 0 spiro atoms. The van der Waals surface area contributed by atoms with E-state index in [4.69, 9.17) is 9.47 Å². The van der Waals surface area contributed by atoms with Crippen molar-refractivity contribution in [1.29, 1.82) is 0 Å². The van der Waals surface area contributed by atoms with Crippen molar-refractivity contribution < 1.29 is 9.47 Å². The molecule has 4 heteroatoms. The van der Waals surface area contributed by atoms with E-state index in [0.29, 0.717) is 6.61 Å². The molecule has 2 aromatic rings. The molecule has 1 heterocycles. The van der Waals surface area contributed by atoms with Gasteiger partial charge in [-0.2, -0.15) is 0 Å². The van der Waals surface area contributed by atoms with Crippen LogP contribution in [-0.4, -0.2) is 29.8 Å². The van der Waals surface area contributed by atoms with E-state index in [1.54, 1.807) is 12.4 Å². The van der Waals surface area contributed by atoms with Crippen LogP contribution in [0, 0.1) is 0 Å². The quantitative estimate of drug-likeness (QED) is 0.145. The Bertz CT molecular complexity index is 756. The molecule has 1 aromatic heterocycles. The molecule has 0 saturated heterocycles. The highest BCUT2D eigenvalue weighted by Crippen LogP contribution is 2.18. The normalized spacial score (nSPS) is 11.4. The van der Waals surface area contributed by atoms with E-state index >= 15 is 0 Å². The lowest BCUT2D eigenvalue weighted by Crippen LogP contribution is -1.99. The summed E-state index contributed by atoms with van der Waals surface area (Å²) in [6.07, 6.45) is 23.9. The molecule has 0 saturated carbocycles. The molecule has 0 aliphatic carbocycles. The molecule has 0 aliphatic rings. The molecule has 0 atom stereocenters. The number of aromatic nitrogens is 2. The number of hydrogen-bond acceptors (Lipinski definition) is 4. The predicted octanol–water partition coefficient (Wildman–Crippen LogP) is 8.36. The van der Waals surface area contributed by atoms with Crippen LogP contribution in [-0.2, 0) is 11.2 Å². The van der Waals surface area contributed by atoms with Crippen molar-refractivity contribution in [3.05, 3.63) is 54.4 Å². The summed E-state index contributed by atoms with van der Waals surface area (Å²) in [5.74, 6) is 1.49. The van der Waals surface area contributed by atoms with Gasteiger partial charge >= 0.3 is 0 Å². The Morgan fingerprint density at radius 1 is 0.676 bits per heavy atom. The van der Waals surface area contributed by atoms with Crippen molar-refractivity contribution in [1.82, 2.24) is 9.97 Å². The van der Waals surface area contributed by atoms with Crippen molar-refractivity contribution in [2.75, 3.05) is 19.8 Å². The number of unbranched alkanes of at least 4 members (excludes halogenated alkanes) is 8. The molecule has 0 radical (unpaired) electrons.